The number of halogens is 4. The summed E-state index contributed by atoms with van der Waals surface area (Å²) in [5.74, 6) is 0. The fourth-order valence-corrected chi connectivity index (χ4v) is 4.50. The van der Waals surface area contributed by atoms with Crippen LogP contribution in [0, 0.1) is 0 Å². The molecule has 0 spiro atoms. The van der Waals surface area contributed by atoms with Crippen LogP contribution >= 0.6 is 46.4 Å². The predicted octanol–water partition coefficient (Wildman–Crippen LogP) is 10.7. The van der Waals surface area contributed by atoms with Gasteiger partial charge in [-0.25, -0.2) is 0 Å². The van der Waals surface area contributed by atoms with Crippen LogP contribution in [0.25, 0.3) is 11.1 Å². The van der Waals surface area contributed by atoms with Crippen molar-refractivity contribution in [3.8, 4) is 0 Å². The molecule has 0 fully saturated rings. The van der Waals surface area contributed by atoms with Crippen LogP contribution in [-0.4, -0.2) is 13.2 Å². The maximum atomic E-state index is 6.10. The lowest BCUT2D eigenvalue weighted by Crippen LogP contribution is -1.97. The molecule has 0 heterocycles. The summed E-state index contributed by atoms with van der Waals surface area (Å²) in [6, 6.07) is 31.5. The highest BCUT2D eigenvalue weighted by Crippen LogP contribution is 2.28. The lowest BCUT2D eigenvalue weighted by atomic mass is 9.97. The average molecular weight is 568 g/mol. The summed E-state index contributed by atoms with van der Waals surface area (Å²) < 4.78 is 5.98. The van der Waals surface area contributed by atoms with Gasteiger partial charge in [0, 0.05) is 20.1 Å². The lowest BCUT2D eigenvalue weighted by Gasteiger charge is -2.11. The first-order chi connectivity index (χ1) is 18.0. The summed E-state index contributed by atoms with van der Waals surface area (Å²) in [4.78, 5) is 0. The minimum absolute atomic E-state index is 0.621. The van der Waals surface area contributed by atoms with Crippen LogP contribution in [-0.2, 0) is 4.74 Å². The second kappa shape index (κ2) is 13.9. The smallest absolute Gasteiger partial charge is 0.0501 e. The van der Waals surface area contributed by atoms with Gasteiger partial charge in [0.1, 0.15) is 0 Å². The van der Waals surface area contributed by atoms with E-state index >= 15 is 0 Å². The topological polar surface area (TPSA) is 9.23 Å². The van der Waals surface area contributed by atoms with Crippen LogP contribution in [0.2, 0.25) is 20.1 Å². The minimum Gasteiger partial charge on any atom is -0.381 e. The second-order valence-corrected chi connectivity index (χ2v) is 10.2. The highest BCUT2D eigenvalue weighted by Gasteiger charge is 2.07. The fourth-order valence-electron chi connectivity index (χ4n) is 4.00. The summed E-state index contributed by atoms with van der Waals surface area (Å²) in [6.07, 6.45) is 5.97. The van der Waals surface area contributed by atoms with Gasteiger partial charge >= 0.3 is 0 Å². The van der Waals surface area contributed by atoms with Crippen molar-refractivity contribution in [3.05, 3.63) is 152 Å². The first-order valence-corrected chi connectivity index (χ1v) is 13.5. The third kappa shape index (κ3) is 8.23. The molecule has 188 valence electrons. The van der Waals surface area contributed by atoms with Gasteiger partial charge in [0.2, 0.25) is 0 Å². The van der Waals surface area contributed by atoms with Crippen LogP contribution in [0.4, 0.5) is 0 Å². The highest BCUT2D eigenvalue weighted by atomic mass is 35.5. The average Bonchev–Trinajstić information content (AvgIpc) is 2.91. The molecule has 4 aromatic rings. The maximum Gasteiger partial charge on any atom is 0.0501 e. The third-order valence-electron chi connectivity index (χ3n) is 5.84. The Morgan fingerprint density at radius 2 is 0.676 bits per heavy atom. The summed E-state index contributed by atoms with van der Waals surface area (Å²) in [5.41, 5.74) is 6.67. The van der Waals surface area contributed by atoms with Crippen LogP contribution in [0.3, 0.4) is 0 Å². The molecule has 0 unspecified atom stereocenters. The van der Waals surface area contributed by atoms with Crippen molar-refractivity contribution in [3.63, 3.8) is 0 Å². The monoisotopic (exact) mass is 566 g/mol. The van der Waals surface area contributed by atoms with Crippen molar-refractivity contribution in [2.75, 3.05) is 13.2 Å². The second-order valence-electron chi connectivity index (χ2n) is 8.45. The Labute approximate surface area is 238 Å². The molecule has 1 nitrogen and oxygen atoms in total. The molecule has 37 heavy (non-hydrogen) atoms. The van der Waals surface area contributed by atoms with Gasteiger partial charge in [0.25, 0.3) is 0 Å². The number of hydrogen-bond donors (Lipinski definition) is 0. The maximum absolute atomic E-state index is 6.10. The van der Waals surface area contributed by atoms with E-state index in [1.807, 2.05) is 97.1 Å². The quantitative estimate of drug-likeness (QED) is 0.173. The molecule has 0 bridgehead atoms. The molecule has 0 saturated carbocycles. The van der Waals surface area contributed by atoms with Gasteiger partial charge in [-0.05, 0) is 94.8 Å². The SMILES string of the molecule is Clc1ccc(C(=CCCOCCC=C(c2ccc(Cl)cc2)c2ccc(Cl)cc2)c2ccc(Cl)cc2)cc1. The molecule has 0 amide bonds. The van der Waals surface area contributed by atoms with E-state index in [2.05, 4.69) is 12.2 Å². The van der Waals surface area contributed by atoms with Crippen molar-refractivity contribution in [1.29, 1.82) is 0 Å². The number of hydrogen-bond acceptors (Lipinski definition) is 1. The highest BCUT2D eigenvalue weighted by molar-refractivity contribution is 6.31. The zero-order chi connectivity index (χ0) is 26.0. The van der Waals surface area contributed by atoms with E-state index < -0.39 is 0 Å². The summed E-state index contributed by atoms with van der Waals surface area (Å²) in [6.45, 7) is 1.24. The van der Waals surface area contributed by atoms with Gasteiger partial charge in [-0.1, -0.05) is 107 Å². The molecule has 0 aliphatic heterocycles. The number of rotatable bonds is 10. The summed E-state index contributed by atoms with van der Waals surface area (Å²) >= 11 is 24.4. The molecule has 0 atom stereocenters. The molecule has 4 aromatic carbocycles. The molecule has 0 aromatic heterocycles. The Bertz CT molecular complexity index is 1140. The van der Waals surface area contributed by atoms with E-state index in [9.17, 15) is 0 Å². The predicted molar refractivity (Wildman–Crippen MR) is 160 cm³/mol. The molecule has 5 heteroatoms. The van der Waals surface area contributed by atoms with Crippen molar-refractivity contribution in [2.24, 2.45) is 0 Å². The van der Waals surface area contributed by atoms with Gasteiger partial charge in [0.15, 0.2) is 0 Å². The summed E-state index contributed by atoms with van der Waals surface area (Å²) in [5, 5.41) is 2.86. The first-order valence-electron chi connectivity index (χ1n) is 12.0. The number of benzene rings is 4. The number of ether oxygens (including phenoxy) is 1. The molecular formula is C32H26Cl4O. The summed E-state index contributed by atoms with van der Waals surface area (Å²) in [7, 11) is 0. The van der Waals surface area contributed by atoms with E-state index in [-0.39, 0.29) is 0 Å². The van der Waals surface area contributed by atoms with E-state index in [1.54, 1.807) is 0 Å². The van der Waals surface area contributed by atoms with Crippen LogP contribution in [0.15, 0.2) is 109 Å². The van der Waals surface area contributed by atoms with E-state index in [4.69, 9.17) is 51.1 Å². The van der Waals surface area contributed by atoms with Crippen LogP contribution < -0.4 is 0 Å². The van der Waals surface area contributed by atoms with Gasteiger partial charge in [-0.3, -0.25) is 0 Å². The van der Waals surface area contributed by atoms with Gasteiger partial charge in [-0.2, -0.15) is 0 Å². The zero-order valence-electron chi connectivity index (χ0n) is 20.1. The van der Waals surface area contributed by atoms with Gasteiger partial charge < -0.3 is 4.74 Å². The molecule has 0 saturated heterocycles. The Hall–Kier alpha value is -2.52. The largest absolute Gasteiger partial charge is 0.381 e. The van der Waals surface area contributed by atoms with E-state index in [1.165, 1.54) is 0 Å². The van der Waals surface area contributed by atoms with Crippen molar-refractivity contribution in [2.45, 2.75) is 12.8 Å². The Kier molecular flexibility index (Phi) is 10.3. The molecule has 0 aliphatic carbocycles. The molecule has 0 N–H and O–H groups in total. The van der Waals surface area contributed by atoms with Crippen molar-refractivity contribution < 1.29 is 4.74 Å². The van der Waals surface area contributed by atoms with Gasteiger partial charge in [-0.15, -0.1) is 0 Å². The Balaban J connectivity index is 1.40. The Morgan fingerprint density at radius 3 is 0.919 bits per heavy atom. The molecule has 0 aliphatic rings. The zero-order valence-corrected chi connectivity index (χ0v) is 23.2. The lowest BCUT2D eigenvalue weighted by molar-refractivity contribution is 0.143. The standard InChI is InChI=1S/C32H26Cl4O/c33-27-13-5-23(6-14-27)31(24-7-15-28(34)16-8-24)3-1-21-37-22-2-4-32(25-9-17-29(35)18-10-25)26-11-19-30(36)20-12-26/h3-20H,1-2,21-22H2. The first kappa shape index (κ1) is 27.5. The minimum atomic E-state index is 0.621. The third-order valence-corrected chi connectivity index (χ3v) is 6.85. The van der Waals surface area contributed by atoms with Gasteiger partial charge in [0.05, 0.1) is 13.2 Å². The fraction of sp³-hybridized carbons (Fsp3) is 0.125. The van der Waals surface area contributed by atoms with Crippen molar-refractivity contribution >= 4 is 57.5 Å². The van der Waals surface area contributed by atoms with Crippen molar-refractivity contribution in [1.82, 2.24) is 0 Å². The molecule has 4 rings (SSSR count). The molecular weight excluding hydrogens is 542 g/mol. The molecule has 0 radical (unpaired) electrons. The normalized spacial score (nSPS) is 10.7. The Morgan fingerprint density at radius 1 is 0.432 bits per heavy atom. The van der Waals surface area contributed by atoms with E-state index in [0.29, 0.717) is 33.3 Å². The van der Waals surface area contributed by atoms with Crippen LogP contribution in [0.1, 0.15) is 35.1 Å². The van der Waals surface area contributed by atoms with E-state index in [0.717, 1.165) is 46.2 Å². The van der Waals surface area contributed by atoms with Crippen LogP contribution in [0.5, 0.6) is 0 Å².